The summed E-state index contributed by atoms with van der Waals surface area (Å²) in [7, 11) is 0. The van der Waals surface area contributed by atoms with E-state index in [1.165, 1.54) is 0 Å². The summed E-state index contributed by atoms with van der Waals surface area (Å²) in [5.41, 5.74) is 8.09. The van der Waals surface area contributed by atoms with Crippen molar-refractivity contribution in [3.8, 4) is 0 Å². The molecule has 3 rings (SSSR count). The Kier molecular flexibility index (Phi) is 10.4. The van der Waals surface area contributed by atoms with Crippen LogP contribution in [0, 0.1) is 0 Å². The van der Waals surface area contributed by atoms with Crippen LogP contribution in [0.3, 0.4) is 0 Å². The van der Waals surface area contributed by atoms with E-state index in [2.05, 4.69) is 10.3 Å². The van der Waals surface area contributed by atoms with Gasteiger partial charge in [0.2, 0.25) is 6.23 Å². The summed E-state index contributed by atoms with van der Waals surface area (Å²) >= 11 is 6.22. The normalized spacial score (nSPS) is 15.0. The summed E-state index contributed by atoms with van der Waals surface area (Å²) in [4.78, 5) is 40.1. The van der Waals surface area contributed by atoms with E-state index in [1.807, 2.05) is 30.3 Å². The zero-order valence-electron chi connectivity index (χ0n) is 19.5. The largest absolute Gasteiger partial charge is 0.466 e. The lowest BCUT2D eigenvalue weighted by Crippen LogP contribution is -2.28. The highest BCUT2D eigenvalue weighted by molar-refractivity contribution is 6.32. The van der Waals surface area contributed by atoms with Gasteiger partial charge in [-0.25, -0.2) is 4.99 Å². The second-order valence-corrected chi connectivity index (χ2v) is 8.56. The van der Waals surface area contributed by atoms with Crippen LogP contribution in [0.4, 0.5) is 5.69 Å². The van der Waals surface area contributed by atoms with Gasteiger partial charge in [0.15, 0.2) is 0 Å². The molecule has 0 fully saturated rings. The molecule has 186 valence electrons. The molecule has 2 aromatic rings. The standard InChI is InChI=1S/C26H30ClN3O5/c27-19-10-12-22-21(16-19)24(18-8-4-3-5-9-18)30-26(25(33)29-22)35-15-7-2-1-6-14-34-23(32)13-11-20(31)17-28/h3-5,8-10,12,16,26H,1-2,6-7,11,13-15,17,28H2,(H,29,33). The summed E-state index contributed by atoms with van der Waals surface area (Å²) in [6, 6.07) is 14.9. The Balaban J connectivity index is 1.47. The number of ketones is 1. The predicted octanol–water partition coefficient (Wildman–Crippen LogP) is 3.88. The van der Waals surface area contributed by atoms with Crippen LogP contribution in [0.25, 0.3) is 0 Å². The van der Waals surface area contributed by atoms with Gasteiger partial charge in [0, 0.05) is 29.2 Å². The van der Waals surface area contributed by atoms with Crippen LogP contribution in [0.5, 0.6) is 0 Å². The molecule has 0 radical (unpaired) electrons. The zero-order chi connectivity index (χ0) is 25.0. The van der Waals surface area contributed by atoms with E-state index in [1.54, 1.807) is 18.2 Å². The molecular formula is C26H30ClN3O5. The number of carbonyl (C=O) groups excluding carboxylic acids is 3. The van der Waals surface area contributed by atoms with Gasteiger partial charge in [-0.2, -0.15) is 0 Å². The second kappa shape index (κ2) is 13.7. The molecule has 0 aromatic heterocycles. The number of halogens is 1. The van der Waals surface area contributed by atoms with Gasteiger partial charge < -0.3 is 20.5 Å². The molecule has 0 aliphatic carbocycles. The molecule has 1 amide bonds. The number of nitrogens with two attached hydrogens (primary N) is 1. The summed E-state index contributed by atoms with van der Waals surface area (Å²) in [6.07, 6.45) is 2.35. The quantitative estimate of drug-likeness (QED) is 0.318. The first-order chi connectivity index (χ1) is 17.0. The number of anilines is 1. The number of fused-ring (bicyclic) bond motifs is 1. The number of carbonyl (C=O) groups is 3. The zero-order valence-corrected chi connectivity index (χ0v) is 20.3. The highest BCUT2D eigenvalue weighted by atomic mass is 35.5. The maximum Gasteiger partial charge on any atom is 0.306 e. The highest BCUT2D eigenvalue weighted by Gasteiger charge is 2.26. The van der Waals surface area contributed by atoms with E-state index >= 15 is 0 Å². The smallest absolute Gasteiger partial charge is 0.306 e. The number of hydrogen-bond donors (Lipinski definition) is 2. The first-order valence-electron chi connectivity index (χ1n) is 11.7. The molecule has 1 aliphatic heterocycles. The van der Waals surface area contributed by atoms with Crippen LogP contribution in [0.1, 0.15) is 49.7 Å². The van der Waals surface area contributed by atoms with Crippen molar-refractivity contribution in [1.29, 1.82) is 0 Å². The third-order valence-electron chi connectivity index (χ3n) is 5.43. The average molecular weight is 500 g/mol. The molecule has 9 heteroatoms. The number of rotatable bonds is 13. The molecule has 1 unspecified atom stereocenters. The Morgan fingerprint density at radius 3 is 2.49 bits per heavy atom. The molecule has 0 saturated heterocycles. The molecule has 1 aliphatic rings. The summed E-state index contributed by atoms with van der Waals surface area (Å²) in [5.74, 6) is -0.874. The van der Waals surface area contributed by atoms with Crippen molar-refractivity contribution in [1.82, 2.24) is 0 Å². The number of nitrogens with one attached hydrogen (secondary N) is 1. The maximum atomic E-state index is 12.8. The van der Waals surface area contributed by atoms with Gasteiger partial charge in [-0.3, -0.25) is 14.4 Å². The minimum Gasteiger partial charge on any atom is -0.466 e. The number of benzene rings is 2. The maximum absolute atomic E-state index is 12.8. The SMILES string of the molecule is NCC(=O)CCC(=O)OCCCCCCOC1N=C(c2ccccc2)c2cc(Cl)ccc2NC1=O. The van der Waals surface area contributed by atoms with Crippen molar-refractivity contribution >= 4 is 40.7 Å². The molecule has 0 bridgehead atoms. The summed E-state index contributed by atoms with van der Waals surface area (Å²) < 4.78 is 11.0. The number of aliphatic imine (C=N–C) groups is 1. The summed E-state index contributed by atoms with van der Waals surface area (Å²) in [6.45, 7) is 0.618. The molecule has 3 N–H and O–H groups in total. The topological polar surface area (TPSA) is 120 Å². The molecule has 1 heterocycles. The van der Waals surface area contributed by atoms with Gasteiger partial charge in [0.1, 0.15) is 5.78 Å². The number of ether oxygens (including phenoxy) is 2. The molecule has 0 spiro atoms. The fraction of sp³-hybridized carbons (Fsp3) is 0.385. The first kappa shape index (κ1) is 26.5. The third kappa shape index (κ3) is 8.28. The van der Waals surface area contributed by atoms with Crippen LogP contribution in [-0.4, -0.2) is 49.4 Å². The lowest BCUT2D eigenvalue weighted by molar-refractivity contribution is -0.144. The Bertz CT molecular complexity index is 1060. The van der Waals surface area contributed by atoms with Crippen molar-refractivity contribution < 1.29 is 23.9 Å². The highest BCUT2D eigenvalue weighted by Crippen LogP contribution is 2.27. The lowest BCUT2D eigenvalue weighted by Gasteiger charge is -2.12. The van der Waals surface area contributed by atoms with Crippen LogP contribution in [0.2, 0.25) is 5.02 Å². The molecule has 0 saturated carbocycles. The van der Waals surface area contributed by atoms with Gasteiger partial charge in [0.25, 0.3) is 5.91 Å². The Morgan fingerprint density at radius 1 is 1.00 bits per heavy atom. The van der Waals surface area contributed by atoms with Gasteiger partial charge in [0.05, 0.1) is 31.0 Å². The van der Waals surface area contributed by atoms with Gasteiger partial charge >= 0.3 is 5.97 Å². The van der Waals surface area contributed by atoms with Crippen molar-refractivity contribution in [2.24, 2.45) is 10.7 Å². The number of esters is 1. The van der Waals surface area contributed by atoms with Crippen molar-refractivity contribution in [2.75, 3.05) is 25.1 Å². The van der Waals surface area contributed by atoms with Crippen LogP contribution < -0.4 is 11.1 Å². The van der Waals surface area contributed by atoms with E-state index in [0.29, 0.717) is 36.1 Å². The molecule has 2 aromatic carbocycles. The number of hydrogen-bond acceptors (Lipinski definition) is 7. The van der Waals surface area contributed by atoms with Crippen LogP contribution in [-0.2, 0) is 23.9 Å². The Hall–Kier alpha value is -3.07. The lowest BCUT2D eigenvalue weighted by atomic mass is 10.0. The monoisotopic (exact) mass is 499 g/mol. The van der Waals surface area contributed by atoms with Gasteiger partial charge in [-0.1, -0.05) is 48.4 Å². The molecule has 8 nitrogen and oxygen atoms in total. The molecule has 35 heavy (non-hydrogen) atoms. The van der Waals surface area contributed by atoms with Gasteiger partial charge in [-0.15, -0.1) is 0 Å². The minimum atomic E-state index is -0.978. The van der Waals surface area contributed by atoms with E-state index in [9.17, 15) is 14.4 Å². The van der Waals surface area contributed by atoms with E-state index in [0.717, 1.165) is 30.4 Å². The van der Waals surface area contributed by atoms with E-state index in [-0.39, 0.29) is 37.0 Å². The number of Topliss-reactive ketones (excluding diaryl/α,β-unsaturated/α-hetero) is 1. The number of unbranched alkanes of at least 4 members (excludes halogenated alkanes) is 3. The molecular weight excluding hydrogens is 470 g/mol. The number of benzodiazepines with no additional fused rings is 1. The fourth-order valence-corrected chi connectivity index (χ4v) is 3.73. The summed E-state index contributed by atoms with van der Waals surface area (Å²) in [5, 5.41) is 3.44. The Labute approximate surface area is 209 Å². The van der Waals surface area contributed by atoms with Gasteiger partial charge in [-0.05, 0) is 37.5 Å². The first-order valence-corrected chi connectivity index (χ1v) is 12.1. The van der Waals surface area contributed by atoms with Crippen molar-refractivity contribution in [2.45, 2.75) is 44.8 Å². The Morgan fingerprint density at radius 2 is 1.74 bits per heavy atom. The van der Waals surface area contributed by atoms with Crippen molar-refractivity contribution in [3.63, 3.8) is 0 Å². The predicted molar refractivity (Wildman–Crippen MR) is 135 cm³/mol. The minimum absolute atomic E-state index is 0.0575. The number of amides is 1. The van der Waals surface area contributed by atoms with Crippen LogP contribution >= 0.6 is 11.6 Å². The third-order valence-corrected chi connectivity index (χ3v) is 5.66. The molecule has 1 atom stereocenters. The average Bonchev–Trinajstić information content (AvgIpc) is 3.00. The number of nitrogens with zero attached hydrogens (tertiary/aromatic N) is 1. The van der Waals surface area contributed by atoms with Crippen LogP contribution in [0.15, 0.2) is 53.5 Å². The van der Waals surface area contributed by atoms with Crippen molar-refractivity contribution in [3.05, 3.63) is 64.7 Å². The van der Waals surface area contributed by atoms with E-state index in [4.69, 9.17) is 26.8 Å². The fourth-order valence-electron chi connectivity index (χ4n) is 3.55. The second-order valence-electron chi connectivity index (χ2n) is 8.12. The van der Waals surface area contributed by atoms with E-state index < -0.39 is 6.23 Å².